The highest BCUT2D eigenvalue weighted by atomic mass is 32.1. The van der Waals surface area contributed by atoms with E-state index in [1.807, 2.05) is 0 Å². The van der Waals surface area contributed by atoms with Crippen LogP contribution in [0.2, 0.25) is 0 Å². The summed E-state index contributed by atoms with van der Waals surface area (Å²) in [5.41, 5.74) is 0.294. The van der Waals surface area contributed by atoms with Crippen molar-refractivity contribution < 1.29 is 14.7 Å². The number of carbonyl (C=O) groups is 2. The number of hydrogen-bond acceptors (Lipinski definition) is 3. The van der Waals surface area contributed by atoms with Crippen LogP contribution in [0.5, 0.6) is 0 Å². The molecule has 3 nitrogen and oxygen atoms in total. The molecule has 0 spiro atoms. The van der Waals surface area contributed by atoms with Gasteiger partial charge in [-0.1, -0.05) is 0 Å². The van der Waals surface area contributed by atoms with Gasteiger partial charge in [-0.05, 0) is 18.4 Å². The average Bonchev–Trinajstić information content (AvgIpc) is 2.32. The van der Waals surface area contributed by atoms with E-state index in [4.69, 9.17) is 5.11 Å². The van der Waals surface area contributed by atoms with E-state index in [-0.39, 0.29) is 10.7 Å². The molecule has 0 saturated carbocycles. The van der Waals surface area contributed by atoms with Crippen molar-refractivity contribution in [3.63, 3.8) is 0 Å². The molecular formula is C7H6O3S. The highest BCUT2D eigenvalue weighted by Gasteiger charge is 2.13. The molecule has 1 aromatic heterocycles. The molecule has 1 rings (SSSR count). The van der Waals surface area contributed by atoms with Gasteiger partial charge in [0.2, 0.25) is 0 Å². The molecule has 0 amide bonds. The first-order valence-corrected chi connectivity index (χ1v) is 3.82. The lowest BCUT2D eigenvalue weighted by Crippen LogP contribution is -2.00. The highest BCUT2D eigenvalue weighted by molar-refractivity contribution is 7.12. The van der Waals surface area contributed by atoms with Crippen molar-refractivity contribution in [3.8, 4) is 0 Å². The van der Waals surface area contributed by atoms with Gasteiger partial charge in [-0.3, -0.25) is 4.79 Å². The van der Waals surface area contributed by atoms with Crippen LogP contribution >= 0.6 is 11.3 Å². The van der Waals surface area contributed by atoms with Gasteiger partial charge < -0.3 is 5.11 Å². The number of aromatic carboxylic acids is 1. The van der Waals surface area contributed by atoms with E-state index in [0.717, 1.165) is 11.3 Å². The van der Waals surface area contributed by atoms with Crippen LogP contribution < -0.4 is 0 Å². The fourth-order valence-electron chi connectivity index (χ4n) is 0.752. The highest BCUT2D eigenvalue weighted by Crippen LogP contribution is 2.16. The number of ketones is 1. The standard InChI is InChI=1S/C7H6O3S/c1-4(8)5-2-3-11-6(5)7(9)10/h2-3H,1H3,(H,9,10). The van der Waals surface area contributed by atoms with Crippen LogP contribution in [0.3, 0.4) is 0 Å². The van der Waals surface area contributed by atoms with Crippen LogP contribution in [-0.4, -0.2) is 16.9 Å². The maximum Gasteiger partial charge on any atom is 0.346 e. The lowest BCUT2D eigenvalue weighted by molar-refractivity contribution is 0.0698. The molecule has 0 bridgehead atoms. The zero-order chi connectivity index (χ0) is 8.43. The van der Waals surface area contributed by atoms with Crippen molar-refractivity contribution in [1.29, 1.82) is 0 Å². The first-order valence-electron chi connectivity index (χ1n) is 2.94. The third kappa shape index (κ3) is 1.46. The topological polar surface area (TPSA) is 54.4 Å². The molecule has 0 atom stereocenters. The zero-order valence-electron chi connectivity index (χ0n) is 5.83. The Balaban J connectivity index is 3.16. The summed E-state index contributed by atoms with van der Waals surface area (Å²) in [5.74, 6) is -1.24. The molecule has 0 aromatic carbocycles. The van der Waals surface area contributed by atoms with Gasteiger partial charge in [0.05, 0.1) is 0 Å². The van der Waals surface area contributed by atoms with Crippen LogP contribution in [-0.2, 0) is 0 Å². The van der Waals surface area contributed by atoms with Crippen molar-refractivity contribution in [2.45, 2.75) is 6.92 Å². The number of carboxylic acid groups (broad SMARTS) is 1. The molecule has 0 fully saturated rings. The van der Waals surface area contributed by atoms with Gasteiger partial charge in [0, 0.05) is 5.56 Å². The maximum absolute atomic E-state index is 10.8. The molecule has 0 radical (unpaired) electrons. The average molecular weight is 170 g/mol. The van der Waals surface area contributed by atoms with Gasteiger partial charge in [0.1, 0.15) is 4.88 Å². The van der Waals surface area contributed by atoms with Crippen LogP contribution in [0.25, 0.3) is 0 Å². The van der Waals surface area contributed by atoms with Crippen molar-refractivity contribution in [2.24, 2.45) is 0 Å². The Hall–Kier alpha value is -1.16. The van der Waals surface area contributed by atoms with E-state index >= 15 is 0 Å². The van der Waals surface area contributed by atoms with Gasteiger partial charge in [0.15, 0.2) is 5.78 Å². The Morgan fingerprint density at radius 2 is 2.18 bits per heavy atom. The number of Topliss-reactive ketones (excluding diaryl/α,β-unsaturated/α-hetero) is 1. The van der Waals surface area contributed by atoms with Gasteiger partial charge in [0.25, 0.3) is 0 Å². The molecule has 0 unspecified atom stereocenters. The van der Waals surface area contributed by atoms with Crippen molar-refractivity contribution in [3.05, 3.63) is 21.9 Å². The van der Waals surface area contributed by atoms with Crippen LogP contribution in [0.1, 0.15) is 27.0 Å². The van der Waals surface area contributed by atoms with E-state index in [1.165, 1.54) is 13.0 Å². The van der Waals surface area contributed by atoms with Gasteiger partial charge in [-0.25, -0.2) is 4.79 Å². The number of thiophene rings is 1. The summed E-state index contributed by atoms with van der Waals surface area (Å²) >= 11 is 1.07. The van der Waals surface area contributed by atoms with Gasteiger partial charge in [-0.2, -0.15) is 0 Å². The number of rotatable bonds is 2. The Morgan fingerprint density at radius 1 is 1.55 bits per heavy atom. The lowest BCUT2D eigenvalue weighted by Gasteiger charge is -1.91. The van der Waals surface area contributed by atoms with Gasteiger partial charge >= 0.3 is 5.97 Å². The van der Waals surface area contributed by atoms with E-state index in [9.17, 15) is 9.59 Å². The third-order valence-electron chi connectivity index (χ3n) is 1.24. The van der Waals surface area contributed by atoms with Crippen molar-refractivity contribution in [1.82, 2.24) is 0 Å². The van der Waals surface area contributed by atoms with Crippen LogP contribution in [0.4, 0.5) is 0 Å². The monoisotopic (exact) mass is 170 g/mol. The Labute approximate surface area is 67.3 Å². The predicted octanol–water partition coefficient (Wildman–Crippen LogP) is 1.65. The van der Waals surface area contributed by atoms with E-state index < -0.39 is 5.97 Å². The second kappa shape index (κ2) is 2.84. The Morgan fingerprint density at radius 3 is 2.55 bits per heavy atom. The fraction of sp³-hybridized carbons (Fsp3) is 0.143. The third-order valence-corrected chi connectivity index (χ3v) is 2.14. The normalized spacial score (nSPS) is 9.55. The molecule has 11 heavy (non-hydrogen) atoms. The summed E-state index contributed by atoms with van der Waals surface area (Å²) in [6.45, 7) is 1.36. The van der Waals surface area contributed by atoms with Crippen molar-refractivity contribution in [2.75, 3.05) is 0 Å². The zero-order valence-corrected chi connectivity index (χ0v) is 6.64. The Kier molecular flexibility index (Phi) is 2.05. The summed E-state index contributed by atoms with van der Waals surface area (Å²) in [6, 6.07) is 1.52. The minimum atomic E-state index is -1.04. The molecule has 1 aromatic rings. The smallest absolute Gasteiger partial charge is 0.346 e. The summed E-state index contributed by atoms with van der Waals surface area (Å²) in [6.07, 6.45) is 0. The van der Waals surface area contributed by atoms with Crippen LogP contribution in [0.15, 0.2) is 11.4 Å². The molecular weight excluding hydrogens is 164 g/mol. The molecule has 58 valence electrons. The van der Waals surface area contributed by atoms with E-state index in [0.29, 0.717) is 5.56 Å². The number of carbonyl (C=O) groups excluding carboxylic acids is 1. The van der Waals surface area contributed by atoms with Gasteiger partial charge in [-0.15, -0.1) is 11.3 Å². The molecule has 1 N–H and O–H groups in total. The SMILES string of the molecule is CC(=O)c1ccsc1C(=O)O. The second-order valence-electron chi connectivity index (χ2n) is 2.02. The largest absolute Gasteiger partial charge is 0.477 e. The minimum Gasteiger partial charge on any atom is -0.477 e. The summed E-state index contributed by atoms with van der Waals surface area (Å²) in [4.78, 5) is 21.3. The first-order chi connectivity index (χ1) is 5.13. The maximum atomic E-state index is 10.8. The molecule has 4 heteroatoms. The summed E-state index contributed by atoms with van der Waals surface area (Å²) in [5, 5.41) is 10.2. The lowest BCUT2D eigenvalue weighted by atomic mass is 10.2. The Bertz CT molecular complexity index is 272. The number of carboxylic acids is 1. The predicted molar refractivity (Wildman–Crippen MR) is 41.3 cm³/mol. The molecule has 0 aliphatic rings. The molecule has 1 heterocycles. The first kappa shape index (κ1) is 7.94. The van der Waals surface area contributed by atoms with E-state index in [1.54, 1.807) is 5.38 Å². The second-order valence-corrected chi connectivity index (χ2v) is 2.94. The number of hydrogen-bond donors (Lipinski definition) is 1. The summed E-state index contributed by atoms with van der Waals surface area (Å²) in [7, 11) is 0. The van der Waals surface area contributed by atoms with Crippen LogP contribution in [0, 0.1) is 0 Å². The molecule has 0 saturated heterocycles. The quantitative estimate of drug-likeness (QED) is 0.686. The summed E-state index contributed by atoms with van der Waals surface area (Å²) < 4.78 is 0. The minimum absolute atomic E-state index is 0.123. The molecule has 0 aliphatic heterocycles. The fourth-order valence-corrected chi connectivity index (χ4v) is 1.53. The van der Waals surface area contributed by atoms with Crippen molar-refractivity contribution >= 4 is 23.1 Å². The van der Waals surface area contributed by atoms with E-state index in [2.05, 4.69) is 0 Å². The molecule has 0 aliphatic carbocycles.